The number of hydrogen-bond donors (Lipinski definition) is 0. The van der Waals surface area contributed by atoms with Crippen LogP contribution in [0.1, 0.15) is 38.1 Å². The Hall–Kier alpha value is -2.16. The van der Waals surface area contributed by atoms with Crippen LogP contribution in [0.2, 0.25) is 0 Å². The van der Waals surface area contributed by atoms with Crippen molar-refractivity contribution in [2.75, 3.05) is 0 Å². The molecule has 0 spiro atoms. The lowest BCUT2D eigenvalue weighted by molar-refractivity contribution is 0.0582. The molecule has 3 atom stereocenters. The first-order chi connectivity index (χ1) is 12.5. The molecule has 136 valence electrons. The second kappa shape index (κ2) is 6.86. The van der Waals surface area contributed by atoms with E-state index in [4.69, 9.17) is 0 Å². The highest BCUT2D eigenvalue weighted by Crippen LogP contribution is 2.44. The Morgan fingerprint density at radius 3 is 2.69 bits per heavy atom. The number of pyridine rings is 1. The summed E-state index contributed by atoms with van der Waals surface area (Å²) in [5, 5.41) is 8.00. The van der Waals surface area contributed by atoms with Gasteiger partial charge in [-0.25, -0.2) is 4.98 Å². The van der Waals surface area contributed by atoms with Crippen molar-refractivity contribution in [3.05, 3.63) is 47.2 Å². The SMILES string of the molecule is CC1CC1CC(c1ccc(Br)cn1)n1cc(-c2ncnn2C(F)F)cn1. The van der Waals surface area contributed by atoms with Crippen LogP contribution in [0.5, 0.6) is 0 Å². The Bertz CT molecular complexity index is 891. The summed E-state index contributed by atoms with van der Waals surface area (Å²) in [4.78, 5) is 8.46. The standard InChI is InChI=1S/C17H17BrF2N6/c1-10-4-11(10)5-15(14-3-2-13(18)7-21-14)25-8-12(6-23-25)16-22-9-24-26(16)17(19)20/h2-3,6-11,15,17H,4-5H2,1H3. The maximum absolute atomic E-state index is 13.1. The van der Waals surface area contributed by atoms with Gasteiger partial charge < -0.3 is 0 Å². The summed E-state index contributed by atoms with van der Waals surface area (Å²) in [7, 11) is 0. The van der Waals surface area contributed by atoms with Gasteiger partial charge in [-0.05, 0) is 52.7 Å². The molecule has 1 aliphatic rings. The third kappa shape index (κ3) is 3.40. The van der Waals surface area contributed by atoms with E-state index < -0.39 is 6.55 Å². The van der Waals surface area contributed by atoms with Crippen LogP contribution in [0.4, 0.5) is 8.78 Å². The number of halogens is 3. The third-order valence-corrected chi connectivity index (χ3v) is 5.30. The van der Waals surface area contributed by atoms with Crippen molar-refractivity contribution >= 4 is 15.9 Å². The zero-order chi connectivity index (χ0) is 18.3. The molecule has 0 aromatic carbocycles. The fourth-order valence-corrected chi connectivity index (χ4v) is 3.42. The highest BCUT2D eigenvalue weighted by atomic mass is 79.9. The van der Waals surface area contributed by atoms with E-state index in [0.29, 0.717) is 22.1 Å². The Labute approximate surface area is 157 Å². The van der Waals surface area contributed by atoms with Crippen molar-refractivity contribution in [3.63, 3.8) is 0 Å². The van der Waals surface area contributed by atoms with Gasteiger partial charge in [0.1, 0.15) is 6.33 Å². The molecule has 3 aromatic rings. The molecule has 3 aromatic heterocycles. The van der Waals surface area contributed by atoms with Crippen LogP contribution in [0, 0.1) is 11.8 Å². The third-order valence-electron chi connectivity index (χ3n) is 4.83. The Morgan fingerprint density at radius 2 is 2.04 bits per heavy atom. The van der Waals surface area contributed by atoms with E-state index in [1.807, 2.05) is 12.1 Å². The molecule has 0 radical (unpaired) electrons. The zero-order valence-electron chi connectivity index (χ0n) is 14.0. The van der Waals surface area contributed by atoms with Crippen LogP contribution in [-0.2, 0) is 0 Å². The van der Waals surface area contributed by atoms with Crippen LogP contribution in [0.3, 0.4) is 0 Å². The first-order valence-corrected chi connectivity index (χ1v) is 9.16. The molecule has 9 heteroatoms. The number of hydrogen-bond acceptors (Lipinski definition) is 4. The van der Waals surface area contributed by atoms with E-state index in [0.717, 1.165) is 22.9 Å². The van der Waals surface area contributed by atoms with Crippen molar-refractivity contribution in [1.29, 1.82) is 0 Å². The molecule has 3 heterocycles. The smallest absolute Gasteiger partial charge is 0.263 e. The minimum absolute atomic E-state index is 0.0466. The van der Waals surface area contributed by atoms with Crippen molar-refractivity contribution < 1.29 is 8.78 Å². The maximum atomic E-state index is 13.1. The summed E-state index contributed by atoms with van der Waals surface area (Å²) in [5.41, 5.74) is 1.41. The molecule has 1 fully saturated rings. The zero-order valence-corrected chi connectivity index (χ0v) is 15.6. The molecular weight excluding hydrogens is 406 g/mol. The Balaban J connectivity index is 1.67. The van der Waals surface area contributed by atoms with E-state index in [1.165, 1.54) is 6.42 Å². The van der Waals surface area contributed by atoms with Crippen LogP contribution in [-0.4, -0.2) is 29.5 Å². The Kier molecular flexibility index (Phi) is 4.56. The number of aromatic nitrogens is 6. The quantitative estimate of drug-likeness (QED) is 0.592. The van der Waals surface area contributed by atoms with Gasteiger partial charge in [0.2, 0.25) is 0 Å². The average molecular weight is 423 g/mol. The van der Waals surface area contributed by atoms with Gasteiger partial charge in [0.15, 0.2) is 5.82 Å². The first kappa shape index (κ1) is 17.3. The van der Waals surface area contributed by atoms with Crippen molar-refractivity contribution in [3.8, 4) is 11.4 Å². The number of nitrogens with zero attached hydrogens (tertiary/aromatic N) is 6. The van der Waals surface area contributed by atoms with Crippen LogP contribution in [0.15, 0.2) is 41.5 Å². The molecular formula is C17H17BrF2N6. The monoisotopic (exact) mass is 422 g/mol. The van der Waals surface area contributed by atoms with E-state index in [9.17, 15) is 8.78 Å². The highest BCUT2D eigenvalue weighted by Gasteiger charge is 2.36. The van der Waals surface area contributed by atoms with Crippen LogP contribution >= 0.6 is 15.9 Å². The lowest BCUT2D eigenvalue weighted by Gasteiger charge is -2.17. The maximum Gasteiger partial charge on any atom is 0.335 e. The van der Waals surface area contributed by atoms with Gasteiger partial charge in [-0.1, -0.05) is 6.92 Å². The summed E-state index contributed by atoms with van der Waals surface area (Å²) in [6, 6.07) is 3.86. The molecule has 0 saturated heterocycles. The molecule has 1 aliphatic carbocycles. The molecule has 0 bridgehead atoms. The molecule has 26 heavy (non-hydrogen) atoms. The van der Waals surface area contributed by atoms with Gasteiger partial charge in [-0.2, -0.15) is 23.7 Å². The molecule has 0 N–H and O–H groups in total. The van der Waals surface area contributed by atoms with Gasteiger partial charge in [0.25, 0.3) is 0 Å². The van der Waals surface area contributed by atoms with Gasteiger partial charge in [-0.15, -0.1) is 0 Å². The van der Waals surface area contributed by atoms with Crippen molar-refractivity contribution in [2.24, 2.45) is 11.8 Å². The van der Waals surface area contributed by atoms with E-state index in [-0.39, 0.29) is 11.9 Å². The van der Waals surface area contributed by atoms with Crippen LogP contribution < -0.4 is 0 Å². The summed E-state index contributed by atoms with van der Waals surface area (Å²) < 4.78 is 29.4. The van der Waals surface area contributed by atoms with E-state index >= 15 is 0 Å². The Morgan fingerprint density at radius 1 is 1.23 bits per heavy atom. The highest BCUT2D eigenvalue weighted by molar-refractivity contribution is 9.10. The lowest BCUT2D eigenvalue weighted by Crippen LogP contribution is -2.14. The fourth-order valence-electron chi connectivity index (χ4n) is 3.19. The summed E-state index contributed by atoms with van der Waals surface area (Å²) in [6.07, 6.45) is 8.28. The van der Waals surface area contributed by atoms with Crippen LogP contribution in [0.25, 0.3) is 11.4 Å². The van der Waals surface area contributed by atoms with Crippen molar-refractivity contribution in [1.82, 2.24) is 29.5 Å². The minimum Gasteiger partial charge on any atom is -0.263 e. The van der Waals surface area contributed by atoms with Gasteiger partial charge in [-0.3, -0.25) is 9.67 Å². The number of rotatable bonds is 6. The van der Waals surface area contributed by atoms with Crippen molar-refractivity contribution in [2.45, 2.75) is 32.4 Å². The van der Waals surface area contributed by atoms with Gasteiger partial charge in [0.05, 0.1) is 23.5 Å². The summed E-state index contributed by atoms with van der Waals surface area (Å²) >= 11 is 3.40. The number of alkyl halides is 2. The molecule has 0 aliphatic heterocycles. The first-order valence-electron chi connectivity index (χ1n) is 8.36. The lowest BCUT2D eigenvalue weighted by atomic mass is 10.1. The minimum atomic E-state index is -2.74. The van der Waals surface area contributed by atoms with E-state index in [1.54, 1.807) is 23.3 Å². The molecule has 1 saturated carbocycles. The van der Waals surface area contributed by atoms with Gasteiger partial charge >= 0.3 is 6.55 Å². The largest absolute Gasteiger partial charge is 0.335 e. The topological polar surface area (TPSA) is 61.4 Å². The van der Waals surface area contributed by atoms with E-state index in [2.05, 4.69) is 43.0 Å². The van der Waals surface area contributed by atoms with Gasteiger partial charge in [0, 0.05) is 16.9 Å². The second-order valence-corrected chi connectivity index (χ2v) is 7.56. The normalized spacial score (nSPS) is 20.5. The summed E-state index contributed by atoms with van der Waals surface area (Å²) in [5.74, 6) is 1.43. The molecule has 4 rings (SSSR count). The molecule has 6 nitrogen and oxygen atoms in total. The molecule has 3 unspecified atom stereocenters. The predicted octanol–water partition coefficient (Wildman–Crippen LogP) is 4.33. The fraction of sp³-hybridized carbons (Fsp3) is 0.412. The second-order valence-electron chi connectivity index (χ2n) is 6.64. The average Bonchev–Trinajstić information content (AvgIpc) is 3.05. The molecule has 0 amide bonds. The predicted molar refractivity (Wildman–Crippen MR) is 94.5 cm³/mol. The summed E-state index contributed by atoms with van der Waals surface area (Å²) in [6.45, 7) is -0.511.